The van der Waals surface area contributed by atoms with Gasteiger partial charge < -0.3 is 5.32 Å². The van der Waals surface area contributed by atoms with E-state index in [1.807, 2.05) is 0 Å². The van der Waals surface area contributed by atoms with E-state index in [0.717, 1.165) is 12.8 Å². The minimum absolute atomic E-state index is 0.0946. The molecule has 0 aromatic heterocycles. The number of nitrogens with one attached hydrogen (secondary N) is 1. The van der Waals surface area contributed by atoms with Crippen LogP contribution in [0.25, 0.3) is 0 Å². The molecule has 0 unspecified atom stereocenters. The number of hydrogen-bond acceptors (Lipinski definition) is 4. The van der Waals surface area contributed by atoms with E-state index < -0.39 is 5.91 Å². The van der Waals surface area contributed by atoms with Gasteiger partial charge in [0.25, 0.3) is 5.91 Å². The normalized spacial score (nSPS) is 16.1. The number of nitrogens with two attached hydrogens (primary N) is 1. The molecule has 1 fully saturated rings. The Labute approximate surface area is 122 Å². The van der Waals surface area contributed by atoms with E-state index in [1.165, 1.54) is 44.9 Å². The van der Waals surface area contributed by atoms with E-state index in [4.69, 9.17) is 5.73 Å². The lowest BCUT2D eigenvalue weighted by Crippen LogP contribution is -2.32. The molecule has 0 spiro atoms. The Morgan fingerprint density at radius 2 is 1.55 bits per heavy atom. The maximum absolute atomic E-state index is 11.5. The zero-order chi connectivity index (χ0) is 14.7. The Morgan fingerprint density at radius 1 is 1.00 bits per heavy atom. The minimum atomic E-state index is -0.939. The average molecular weight is 286 g/mol. The van der Waals surface area contributed by atoms with Crippen LogP contribution < -0.4 is 11.1 Å². The first-order valence-electron chi connectivity index (χ1n) is 8.09. The topological polar surface area (TPSA) is 80.2 Å². The van der Waals surface area contributed by atoms with Gasteiger partial charge in [0.05, 0.1) is 0 Å². The molecule has 0 saturated carbocycles. The van der Waals surface area contributed by atoms with Crippen LogP contribution in [0.5, 0.6) is 0 Å². The van der Waals surface area contributed by atoms with E-state index in [-0.39, 0.29) is 5.91 Å². The monoisotopic (exact) mass is 286 g/mol. The molecule has 5 heteroatoms. The molecule has 3 N–H and O–H groups in total. The summed E-state index contributed by atoms with van der Waals surface area (Å²) >= 11 is 0. The number of rotatable bonds is 13. The molecule has 1 heterocycles. The Morgan fingerprint density at radius 3 is 2.10 bits per heavy atom. The van der Waals surface area contributed by atoms with Crippen LogP contribution in [-0.2, 0) is 14.6 Å². The molecule has 5 nitrogen and oxygen atoms in total. The minimum Gasteiger partial charge on any atom is -0.356 e. The van der Waals surface area contributed by atoms with Gasteiger partial charge in [0, 0.05) is 19.4 Å². The van der Waals surface area contributed by atoms with Gasteiger partial charge in [-0.15, -0.1) is 0 Å². The Balaban J connectivity index is 1.77. The molecule has 20 heavy (non-hydrogen) atoms. The summed E-state index contributed by atoms with van der Waals surface area (Å²) in [6.45, 7) is 2.75. The lowest BCUT2D eigenvalue weighted by atomic mass is 10.1. The second-order valence-electron chi connectivity index (χ2n) is 5.66. The highest BCUT2D eigenvalue weighted by Gasteiger charge is 2.43. The highest BCUT2D eigenvalue weighted by Crippen LogP contribution is 2.25. The molecule has 1 rings (SSSR count). The number of carbonyl (C=O) groups excluding carboxylic acids is 1. The molecule has 1 amide bonds. The van der Waals surface area contributed by atoms with E-state index in [2.05, 4.69) is 22.0 Å². The van der Waals surface area contributed by atoms with Crippen LogP contribution in [0.4, 0.5) is 0 Å². The largest absolute Gasteiger partial charge is 0.356 e. The van der Waals surface area contributed by atoms with Crippen LogP contribution in [0.15, 0.2) is 0 Å². The second kappa shape index (κ2) is 10.1. The number of hydrogen-bond donors (Lipinski definition) is 2. The molecule has 118 valence electrons. The van der Waals surface area contributed by atoms with E-state index >= 15 is 0 Å². The smallest absolute Gasteiger partial charge is 0.286 e. The Hall–Kier alpha value is -0.650. The quantitative estimate of drug-likeness (QED) is 0.310. The van der Waals surface area contributed by atoms with Gasteiger partial charge in [0.15, 0.2) is 0 Å². The van der Waals surface area contributed by atoms with Crippen molar-refractivity contribution in [3.8, 4) is 0 Å². The van der Waals surface area contributed by atoms with Crippen molar-refractivity contribution in [1.82, 2.24) is 5.32 Å². The first-order chi connectivity index (χ1) is 9.66. The molecular formula is C15H30N2O3. The average Bonchev–Trinajstić information content (AvgIpc) is 3.15. The van der Waals surface area contributed by atoms with E-state index in [9.17, 15) is 4.79 Å². The third-order valence-corrected chi connectivity index (χ3v) is 3.60. The van der Waals surface area contributed by atoms with Crippen molar-refractivity contribution in [3.63, 3.8) is 0 Å². The number of unbranched alkanes of at least 4 members (excludes halogenated alkanes) is 8. The summed E-state index contributed by atoms with van der Waals surface area (Å²) in [6, 6.07) is 0. The van der Waals surface area contributed by atoms with E-state index in [1.54, 1.807) is 0 Å². The number of carbonyl (C=O) groups is 1. The van der Waals surface area contributed by atoms with Crippen LogP contribution in [-0.4, -0.2) is 18.4 Å². The first-order valence-corrected chi connectivity index (χ1v) is 8.09. The van der Waals surface area contributed by atoms with Crippen LogP contribution in [0.1, 0.15) is 77.6 Å². The van der Waals surface area contributed by atoms with Crippen LogP contribution in [0, 0.1) is 0 Å². The molecule has 0 aliphatic carbocycles. The van der Waals surface area contributed by atoms with Crippen molar-refractivity contribution in [2.45, 2.75) is 83.5 Å². The summed E-state index contributed by atoms with van der Waals surface area (Å²) in [7, 11) is 0. The fraction of sp³-hybridized carbons (Fsp3) is 0.933. The molecule has 0 atom stereocenters. The summed E-state index contributed by atoms with van der Waals surface area (Å²) in [4.78, 5) is 20.7. The maximum atomic E-state index is 11.5. The third-order valence-electron chi connectivity index (χ3n) is 3.60. The molecule has 1 saturated heterocycles. The van der Waals surface area contributed by atoms with Gasteiger partial charge in [-0.25, -0.2) is 0 Å². The standard InChI is InChI=1S/C15H30N2O3/c1-2-3-4-5-6-7-8-9-10-11-14(18)17-13-12-15(16)19-20-15/h2-13,16H2,1H3,(H,17,18). The van der Waals surface area contributed by atoms with Gasteiger partial charge in [-0.2, -0.15) is 9.78 Å². The van der Waals surface area contributed by atoms with Gasteiger partial charge in [0.1, 0.15) is 0 Å². The molecule has 0 aromatic rings. The van der Waals surface area contributed by atoms with Gasteiger partial charge in [-0.1, -0.05) is 58.3 Å². The lowest BCUT2D eigenvalue weighted by Gasteiger charge is -2.05. The zero-order valence-electron chi connectivity index (χ0n) is 12.8. The van der Waals surface area contributed by atoms with Crippen molar-refractivity contribution < 1.29 is 14.6 Å². The predicted molar refractivity (Wildman–Crippen MR) is 78.6 cm³/mol. The fourth-order valence-corrected chi connectivity index (χ4v) is 2.20. The second-order valence-corrected chi connectivity index (χ2v) is 5.66. The van der Waals surface area contributed by atoms with Crippen LogP contribution in [0.3, 0.4) is 0 Å². The zero-order valence-corrected chi connectivity index (χ0v) is 12.8. The van der Waals surface area contributed by atoms with Crippen LogP contribution in [0.2, 0.25) is 0 Å². The van der Waals surface area contributed by atoms with Crippen molar-refractivity contribution >= 4 is 5.91 Å². The summed E-state index contributed by atoms with van der Waals surface area (Å²) in [5.74, 6) is -0.845. The molecule has 0 radical (unpaired) electrons. The predicted octanol–water partition coefficient (Wildman–Crippen LogP) is 2.99. The highest BCUT2D eigenvalue weighted by atomic mass is 17.4. The number of amides is 1. The molecule has 1 aliphatic heterocycles. The Kier molecular flexibility index (Phi) is 8.82. The van der Waals surface area contributed by atoms with E-state index in [0.29, 0.717) is 19.4 Å². The summed E-state index contributed by atoms with van der Waals surface area (Å²) in [5.41, 5.74) is 5.54. The molecule has 1 aliphatic rings. The van der Waals surface area contributed by atoms with Gasteiger partial charge in [-0.3, -0.25) is 10.5 Å². The van der Waals surface area contributed by atoms with Crippen LogP contribution >= 0.6 is 0 Å². The van der Waals surface area contributed by atoms with Crippen molar-refractivity contribution in [3.05, 3.63) is 0 Å². The van der Waals surface area contributed by atoms with Gasteiger partial charge in [0.2, 0.25) is 5.91 Å². The SMILES string of the molecule is CCCCCCCCCCCC(=O)NCCC1(N)OO1. The molecule has 0 aromatic carbocycles. The molecule has 0 bridgehead atoms. The van der Waals surface area contributed by atoms with Crippen molar-refractivity contribution in [1.29, 1.82) is 0 Å². The third kappa shape index (κ3) is 9.28. The first kappa shape index (κ1) is 17.4. The highest BCUT2D eigenvalue weighted by molar-refractivity contribution is 5.75. The van der Waals surface area contributed by atoms with Gasteiger partial charge >= 0.3 is 0 Å². The van der Waals surface area contributed by atoms with Gasteiger partial charge in [-0.05, 0) is 6.42 Å². The Bertz CT molecular complexity index is 268. The summed E-state index contributed by atoms with van der Waals surface area (Å²) in [5, 5.41) is 2.83. The summed E-state index contributed by atoms with van der Waals surface area (Å²) < 4.78 is 0. The maximum Gasteiger partial charge on any atom is 0.286 e. The van der Waals surface area contributed by atoms with Crippen molar-refractivity contribution in [2.75, 3.05) is 6.54 Å². The lowest BCUT2D eigenvalue weighted by molar-refractivity contribution is -0.121. The molecular weight excluding hydrogens is 256 g/mol. The van der Waals surface area contributed by atoms with Crippen molar-refractivity contribution in [2.24, 2.45) is 5.73 Å². The summed E-state index contributed by atoms with van der Waals surface area (Å²) in [6.07, 6.45) is 12.5. The fourth-order valence-electron chi connectivity index (χ4n) is 2.20.